The molecule has 4 rings (SSSR count). The maximum Gasteiger partial charge on any atom is 0.240 e. The number of nitrogens with one attached hydrogen (secondary N) is 1. The third-order valence-electron chi connectivity index (χ3n) is 4.32. The first-order valence-electron chi connectivity index (χ1n) is 8.46. The number of fused-ring (bicyclic) bond motifs is 1. The second-order valence-corrected chi connectivity index (χ2v) is 8.43. The lowest BCUT2D eigenvalue weighted by atomic mass is 10.3. The summed E-state index contributed by atoms with van der Waals surface area (Å²) < 4.78 is 1.08. The lowest BCUT2D eigenvalue weighted by Crippen LogP contribution is -2.48. The van der Waals surface area contributed by atoms with E-state index < -0.39 is 0 Å². The van der Waals surface area contributed by atoms with Gasteiger partial charge in [-0.2, -0.15) is 0 Å². The number of carbonyl (C=O) groups excluding carboxylic acids is 1. The Hall–Kier alpha value is -2.07. The quantitative estimate of drug-likeness (QED) is 0.696. The average molecular weight is 389 g/mol. The van der Waals surface area contributed by atoms with Crippen LogP contribution in [0.15, 0.2) is 30.5 Å². The van der Waals surface area contributed by atoms with Crippen molar-refractivity contribution in [3.8, 4) is 0 Å². The molecule has 0 radical (unpaired) electrons. The molecule has 7 nitrogen and oxygen atoms in total. The van der Waals surface area contributed by atoms with Crippen LogP contribution in [0.5, 0.6) is 0 Å². The van der Waals surface area contributed by atoms with Crippen LogP contribution in [-0.2, 0) is 11.3 Å². The highest BCUT2D eigenvalue weighted by molar-refractivity contribution is 7.22. The Morgan fingerprint density at radius 2 is 1.92 bits per heavy atom. The van der Waals surface area contributed by atoms with Crippen LogP contribution < -0.4 is 11.1 Å². The molecule has 0 spiro atoms. The van der Waals surface area contributed by atoms with Crippen LogP contribution in [0.4, 0.5) is 10.3 Å². The number of nitrogens with two attached hydrogens (primary N) is 1. The molecule has 0 atom stereocenters. The number of carbonyl (C=O) groups is 1. The minimum atomic E-state index is -0.00673. The predicted octanol–water partition coefficient (Wildman–Crippen LogP) is 2.09. The Balaban J connectivity index is 1.25. The molecule has 26 heavy (non-hydrogen) atoms. The lowest BCUT2D eigenvalue weighted by Gasteiger charge is -2.33. The number of amides is 1. The molecule has 0 aliphatic carbocycles. The molecule has 3 aromatic rings. The number of hydrogen-bond donors (Lipinski definition) is 2. The van der Waals surface area contributed by atoms with E-state index in [9.17, 15) is 4.79 Å². The summed E-state index contributed by atoms with van der Waals surface area (Å²) in [7, 11) is 0. The fraction of sp³-hybridized carbons (Fsp3) is 0.353. The van der Waals surface area contributed by atoms with Gasteiger partial charge in [-0.15, -0.1) is 11.3 Å². The topological polar surface area (TPSA) is 87.4 Å². The molecule has 1 aliphatic heterocycles. The number of nitrogen functional groups attached to an aromatic ring is 1. The third kappa shape index (κ3) is 4.18. The van der Waals surface area contributed by atoms with Gasteiger partial charge >= 0.3 is 0 Å². The normalized spacial score (nSPS) is 16.2. The molecule has 3 N–H and O–H groups in total. The fourth-order valence-electron chi connectivity index (χ4n) is 3.01. The molecule has 1 aromatic carbocycles. The Kier molecular flexibility index (Phi) is 5.11. The highest BCUT2D eigenvalue weighted by Gasteiger charge is 2.20. The number of piperazine rings is 1. The molecule has 1 aliphatic rings. The summed E-state index contributed by atoms with van der Waals surface area (Å²) in [6, 6.07) is 7.90. The predicted molar refractivity (Wildman–Crippen MR) is 106 cm³/mol. The number of aromatic nitrogens is 2. The molecular formula is C17H20N6OS2. The van der Waals surface area contributed by atoms with Gasteiger partial charge in [0.1, 0.15) is 0 Å². The largest absolute Gasteiger partial charge is 0.375 e. The van der Waals surface area contributed by atoms with Crippen LogP contribution in [0, 0.1) is 0 Å². The van der Waals surface area contributed by atoms with Crippen LogP contribution in [0.3, 0.4) is 0 Å². The maximum atomic E-state index is 12.3. The van der Waals surface area contributed by atoms with Crippen molar-refractivity contribution in [1.29, 1.82) is 0 Å². The zero-order valence-corrected chi connectivity index (χ0v) is 15.9. The summed E-state index contributed by atoms with van der Waals surface area (Å²) in [6.45, 7) is 4.90. The van der Waals surface area contributed by atoms with E-state index >= 15 is 0 Å². The van der Waals surface area contributed by atoms with Crippen LogP contribution >= 0.6 is 22.7 Å². The molecular weight excluding hydrogens is 368 g/mol. The van der Waals surface area contributed by atoms with Crippen LogP contribution in [0.1, 0.15) is 4.88 Å². The van der Waals surface area contributed by atoms with E-state index in [-0.39, 0.29) is 5.91 Å². The van der Waals surface area contributed by atoms with Crippen molar-refractivity contribution in [2.45, 2.75) is 6.54 Å². The van der Waals surface area contributed by atoms with E-state index in [1.165, 1.54) is 27.6 Å². The summed E-state index contributed by atoms with van der Waals surface area (Å²) in [4.78, 5) is 26.6. The third-order valence-corrected chi connectivity index (χ3v) is 6.09. The molecule has 2 aromatic heterocycles. The zero-order valence-electron chi connectivity index (χ0n) is 14.2. The number of thiazole rings is 2. The number of benzene rings is 1. The lowest BCUT2D eigenvalue weighted by molar-refractivity contribution is -0.117. The standard InChI is InChI=1S/C17H20N6OS2/c18-16-19-9-12(25-16)10-22-5-7-23(8-6-22)11-15(24)21-17-20-13-3-1-2-4-14(13)26-17/h1-4,9H,5-8,10-11H2,(H2,18,19)(H,20,21,24). The molecule has 1 fully saturated rings. The van der Waals surface area contributed by atoms with Crippen molar-refractivity contribution < 1.29 is 4.79 Å². The summed E-state index contributed by atoms with van der Waals surface area (Å²) in [5.41, 5.74) is 6.60. The first kappa shape index (κ1) is 17.3. The maximum absolute atomic E-state index is 12.3. The zero-order chi connectivity index (χ0) is 17.9. The van der Waals surface area contributed by atoms with E-state index in [2.05, 4.69) is 25.1 Å². The highest BCUT2D eigenvalue weighted by atomic mass is 32.1. The van der Waals surface area contributed by atoms with Gasteiger partial charge in [-0.05, 0) is 12.1 Å². The van der Waals surface area contributed by atoms with Gasteiger partial charge in [-0.25, -0.2) is 9.97 Å². The smallest absolute Gasteiger partial charge is 0.240 e. The summed E-state index contributed by atoms with van der Waals surface area (Å²) >= 11 is 3.04. The van der Waals surface area contributed by atoms with Crippen molar-refractivity contribution in [3.05, 3.63) is 35.3 Å². The number of anilines is 2. The second kappa shape index (κ2) is 7.67. The monoisotopic (exact) mass is 388 g/mol. The van der Waals surface area contributed by atoms with Gasteiger partial charge in [0.05, 0.1) is 16.8 Å². The van der Waals surface area contributed by atoms with Gasteiger partial charge in [0, 0.05) is 43.8 Å². The highest BCUT2D eigenvalue weighted by Crippen LogP contribution is 2.25. The number of nitrogens with zero attached hydrogens (tertiary/aromatic N) is 4. The fourth-order valence-corrected chi connectivity index (χ4v) is 4.62. The van der Waals surface area contributed by atoms with Crippen molar-refractivity contribution in [2.75, 3.05) is 43.8 Å². The van der Waals surface area contributed by atoms with Crippen molar-refractivity contribution in [3.63, 3.8) is 0 Å². The van der Waals surface area contributed by atoms with E-state index in [4.69, 9.17) is 5.73 Å². The van der Waals surface area contributed by atoms with Crippen molar-refractivity contribution >= 4 is 49.1 Å². The molecule has 0 saturated carbocycles. The molecule has 136 valence electrons. The first-order chi connectivity index (χ1) is 12.7. The van der Waals surface area contributed by atoms with Gasteiger partial charge in [0.25, 0.3) is 0 Å². The van der Waals surface area contributed by atoms with Crippen molar-refractivity contribution in [2.24, 2.45) is 0 Å². The second-order valence-electron chi connectivity index (χ2n) is 6.25. The number of para-hydroxylation sites is 1. The van der Waals surface area contributed by atoms with Crippen molar-refractivity contribution in [1.82, 2.24) is 19.8 Å². The van der Waals surface area contributed by atoms with E-state index in [1.807, 2.05) is 30.5 Å². The van der Waals surface area contributed by atoms with Gasteiger partial charge in [0.15, 0.2) is 10.3 Å². The summed E-state index contributed by atoms with van der Waals surface area (Å²) in [6.07, 6.45) is 1.85. The van der Waals surface area contributed by atoms with E-state index in [0.29, 0.717) is 16.8 Å². The Morgan fingerprint density at radius 1 is 1.15 bits per heavy atom. The molecule has 1 amide bonds. The Morgan fingerprint density at radius 3 is 2.65 bits per heavy atom. The minimum Gasteiger partial charge on any atom is -0.375 e. The minimum absolute atomic E-state index is 0.00673. The van der Waals surface area contributed by atoms with E-state index in [0.717, 1.165) is 42.9 Å². The molecule has 0 unspecified atom stereocenters. The number of hydrogen-bond acceptors (Lipinski definition) is 8. The first-order valence-corrected chi connectivity index (χ1v) is 10.1. The van der Waals surface area contributed by atoms with E-state index in [1.54, 1.807) is 0 Å². The molecule has 1 saturated heterocycles. The SMILES string of the molecule is Nc1ncc(CN2CCN(CC(=O)Nc3nc4ccccc4s3)CC2)s1. The molecule has 9 heteroatoms. The average Bonchev–Trinajstić information content (AvgIpc) is 3.21. The molecule has 0 bridgehead atoms. The Bertz CT molecular complexity index is 866. The number of rotatable bonds is 5. The van der Waals surface area contributed by atoms with Crippen LogP contribution in [-0.4, -0.2) is 58.4 Å². The van der Waals surface area contributed by atoms with Gasteiger partial charge in [-0.3, -0.25) is 14.6 Å². The van der Waals surface area contributed by atoms with Gasteiger partial charge < -0.3 is 11.1 Å². The van der Waals surface area contributed by atoms with Gasteiger partial charge in [0.2, 0.25) is 5.91 Å². The summed E-state index contributed by atoms with van der Waals surface area (Å²) in [5.74, 6) is -0.00673. The van der Waals surface area contributed by atoms with Crippen LogP contribution in [0.2, 0.25) is 0 Å². The van der Waals surface area contributed by atoms with Crippen LogP contribution in [0.25, 0.3) is 10.2 Å². The molecule has 3 heterocycles. The Labute approximate surface area is 159 Å². The summed E-state index contributed by atoms with van der Waals surface area (Å²) in [5, 5.41) is 4.21. The van der Waals surface area contributed by atoms with Gasteiger partial charge in [-0.1, -0.05) is 23.5 Å².